The molecule has 0 fully saturated rings. The van der Waals surface area contributed by atoms with Crippen LogP contribution in [-0.4, -0.2) is 42.3 Å². The number of rotatable bonds is 10. The van der Waals surface area contributed by atoms with Crippen LogP contribution in [0.2, 0.25) is 0 Å². The number of aliphatic hydroxyl groups excluding tert-OH is 1. The highest BCUT2D eigenvalue weighted by Crippen LogP contribution is 2.33. The van der Waals surface area contributed by atoms with Crippen LogP contribution in [0.1, 0.15) is 17.5 Å². The molecule has 0 saturated carbocycles. The van der Waals surface area contributed by atoms with Gasteiger partial charge in [0.15, 0.2) is 11.5 Å². The van der Waals surface area contributed by atoms with Gasteiger partial charge in [0.2, 0.25) is 0 Å². The topological polar surface area (TPSA) is 68.5 Å². The van der Waals surface area contributed by atoms with Crippen molar-refractivity contribution in [1.29, 1.82) is 0 Å². The van der Waals surface area contributed by atoms with Gasteiger partial charge in [-0.3, -0.25) is 4.68 Å². The van der Waals surface area contributed by atoms with Crippen molar-refractivity contribution in [3.05, 3.63) is 65.9 Å². The first kappa shape index (κ1) is 19.9. The number of benzene rings is 2. The molecular weight excluding hydrogens is 354 g/mol. The molecule has 6 nitrogen and oxygen atoms in total. The molecule has 0 atom stereocenters. The SMILES string of the molecule is COc1ccc(-c2nn(Cc3ccccc3)cc2CNCCCO)cc1OC. The Bertz CT molecular complexity index is 878. The van der Waals surface area contributed by atoms with E-state index in [1.807, 2.05) is 41.1 Å². The monoisotopic (exact) mass is 381 g/mol. The number of ether oxygens (including phenoxy) is 2. The minimum Gasteiger partial charge on any atom is -0.493 e. The van der Waals surface area contributed by atoms with Crippen LogP contribution in [0.5, 0.6) is 11.5 Å². The van der Waals surface area contributed by atoms with E-state index in [0.717, 1.165) is 29.8 Å². The van der Waals surface area contributed by atoms with Gasteiger partial charge in [-0.2, -0.15) is 5.10 Å². The molecule has 1 heterocycles. The Morgan fingerprint density at radius 2 is 1.82 bits per heavy atom. The number of hydrogen-bond acceptors (Lipinski definition) is 5. The van der Waals surface area contributed by atoms with Gasteiger partial charge >= 0.3 is 0 Å². The van der Waals surface area contributed by atoms with Crippen molar-refractivity contribution in [3.63, 3.8) is 0 Å². The van der Waals surface area contributed by atoms with Crippen molar-refractivity contribution >= 4 is 0 Å². The van der Waals surface area contributed by atoms with Gasteiger partial charge in [-0.25, -0.2) is 0 Å². The van der Waals surface area contributed by atoms with E-state index in [9.17, 15) is 0 Å². The summed E-state index contributed by atoms with van der Waals surface area (Å²) in [6.45, 7) is 2.32. The van der Waals surface area contributed by atoms with E-state index in [1.165, 1.54) is 5.56 Å². The van der Waals surface area contributed by atoms with E-state index in [4.69, 9.17) is 19.7 Å². The lowest BCUT2D eigenvalue weighted by Crippen LogP contribution is -2.15. The molecule has 6 heteroatoms. The summed E-state index contributed by atoms with van der Waals surface area (Å²) in [5.41, 5.74) is 4.18. The maximum absolute atomic E-state index is 8.99. The molecule has 3 rings (SSSR count). The molecule has 0 aliphatic rings. The number of nitrogens with zero attached hydrogens (tertiary/aromatic N) is 2. The first-order chi connectivity index (χ1) is 13.7. The van der Waals surface area contributed by atoms with Crippen molar-refractivity contribution in [2.45, 2.75) is 19.5 Å². The summed E-state index contributed by atoms with van der Waals surface area (Å²) >= 11 is 0. The Hall–Kier alpha value is -2.83. The number of hydrogen-bond donors (Lipinski definition) is 2. The van der Waals surface area contributed by atoms with Crippen LogP contribution in [0.25, 0.3) is 11.3 Å². The Labute approximate surface area is 165 Å². The fourth-order valence-corrected chi connectivity index (χ4v) is 3.10. The van der Waals surface area contributed by atoms with Gasteiger partial charge in [0.1, 0.15) is 0 Å². The molecule has 148 valence electrons. The molecule has 3 aromatic rings. The average Bonchev–Trinajstić information content (AvgIpc) is 3.13. The lowest BCUT2D eigenvalue weighted by Gasteiger charge is -2.10. The molecule has 0 saturated heterocycles. The normalized spacial score (nSPS) is 10.8. The maximum Gasteiger partial charge on any atom is 0.161 e. The molecule has 0 spiro atoms. The Kier molecular flexibility index (Phi) is 7.06. The number of nitrogens with one attached hydrogen (secondary N) is 1. The van der Waals surface area contributed by atoms with Gasteiger partial charge in [0.05, 0.1) is 26.5 Å². The predicted octanol–water partition coefficient (Wildman–Crippen LogP) is 3.09. The van der Waals surface area contributed by atoms with Gasteiger partial charge < -0.3 is 19.9 Å². The first-order valence-corrected chi connectivity index (χ1v) is 9.39. The lowest BCUT2D eigenvalue weighted by atomic mass is 10.1. The molecule has 0 amide bonds. The van der Waals surface area contributed by atoms with Crippen molar-refractivity contribution in [1.82, 2.24) is 15.1 Å². The van der Waals surface area contributed by atoms with E-state index in [2.05, 4.69) is 23.6 Å². The second-order valence-electron chi connectivity index (χ2n) is 6.51. The Morgan fingerprint density at radius 3 is 2.54 bits per heavy atom. The summed E-state index contributed by atoms with van der Waals surface area (Å²) in [5, 5.41) is 17.2. The molecule has 0 aliphatic heterocycles. The smallest absolute Gasteiger partial charge is 0.161 e. The fourth-order valence-electron chi connectivity index (χ4n) is 3.10. The molecule has 0 aliphatic carbocycles. The molecular formula is C22H27N3O3. The molecule has 0 unspecified atom stereocenters. The Morgan fingerprint density at radius 1 is 1.04 bits per heavy atom. The number of aliphatic hydroxyl groups is 1. The first-order valence-electron chi connectivity index (χ1n) is 9.39. The molecule has 1 aromatic heterocycles. The zero-order valence-corrected chi connectivity index (χ0v) is 16.4. The van der Waals surface area contributed by atoms with Crippen LogP contribution >= 0.6 is 0 Å². The third-order valence-corrected chi connectivity index (χ3v) is 4.51. The lowest BCUT2D eigenvalue weighted by molar-refractivity contribution is 0.286. The van der Waals surface area contributed by atoms with E-state index < -0.39 is 0 Å². The highest BCUT2D eigenvalue weighted by atomic mass is 16.5. The van der Waals surface area contributed by atoms with Crippen LogP contribution in [-0.2, 0) is 13.1 Å². The van der Waals surface area contributed by atoms with Crippen LogP contribution < -0.4 is 14.8 Å². The summed E-state index contributed by atoms with van der Waals surface area (Å²) in [6.07, 6.45) is 2.80. The summed E-state index contributed by atoms with van der Waals surface area (Å²) < 4.78 is 12.8. The van der Waals surface area contributed by atoms with Gasteiger partial charge in [-0.15, -0.1) is 0 Å². The maximum atomic E-state index is 8.99. The van der Waals surface area contributed by atoms with Crippen molar-refractivity contribution in [3.8, 4) is 22.8 Å². The number of methoxy groups -OCH3 is 2. The molecule has 0 radical (unpaired) electrons. The van der Waals surface area contributed by atoms with E-state index in [0.29, 0.717) is 24.6 Å². The van der Waals surface area contributed by atoms with Crippen LogP contribution in [0.15, 0.2) is 54.7 Å². The summed E-state index contributed by atoms with van der Waals surface area (Å²) in [4.78, 5) is 0. The average molecular weight is 381 g/mol. The number of aromatic nitrogens is 2. The fraction of sp³-hybridized carbons (Fsp3) is 0.318. The summed E-state index contributed by atoms with van der Waals surface area (Å²) in [7, 11) is 3.26. The second kappa shape index (κ2) is 9.92. The summed E-state index contributed by atoms with van der Waals surface area (Å²) in [5.74, 6) is 1.37. The van der Waals surface area contributed by atoms with Gasteiger partial charge in [-0.1, -0.05) is 30.3 Å². The molecule has 2 N–H and O–H groups in total. The van der Waals surface area contributed by atoms with Crippen LogP contribution in [0, 0.1) is 0 Å². The van der Waals surface area contributed by atoms with Gasteiger partial charge in [0.25, 0.3) is 0 Å². The third-order valence-electron chi connectivity index (χ3n) is 4.51. The predicted molar refractivity (Wildman–Crippen MR) is 110 cm³/mol. The van der Waals surface area contributed by atoms with E-state index in [1.54, 1.807) is 14.2 Å². The van der Waals surface area contributed by atoms with Gasteiger partial charge in [-0.05, 0) is 36.7 Å². The third kappa shape index (κ3) is 4.91. The quantitative estimate of drug-likeness (QED) is 0.528. The minimum absolute atomic E-state index is 0.183. The molecule has 2 aromatic carbocycles. The molecule has 0 bridgehead atoms. The summed E-state index contributed by atoms with van der Waals surface area (Å²) in [6, 6.07) is 16.1. The van der Waals surface area contributed by atoms with E-state index >= 15 is 0 Å². The van der Waals surface area contributed by atoms with Gasteiger partial charge in [0, 0.05) is 30.5 Å². The van der Waals surface area contributed by atoms with E-state index in [-0.39, 0.29) is 6.61 Å². The highest BCUT2D eigenvalue weighted by molar-refractivity contribution is 5.66. The highest BCUT2D eigenvalue weighted by Gasteiger charge is 2.14. The largest absolute Gasteiger partial charge is 0.493 e. The van der Waals surface area contributed by atoms with Crippen LogP contribution in [0.3, 0.4) is 0 Å². The zero-order chi connectivity index (χ0) is 19.8. The molecule has 28 heavy (non-hydrogen) atoms. The minimum atomic E-state index is 0.183. The van der Waals surface area contributed by atoms with Crippen LogP contribution in [0.4, 0.5) is 0 Å². The Balaban J connectivity index is 1.90. The van der Waals surface area contributed by atoms with Crippen molar-refractivity contribution < 1.29 is 14.6 Å². The van der Waals surface area contributed by atoms with Crippen molar-refractivity contribution in [2.24, 2.45) is 0 Å². The second-order valence-corrected chi connectivity index (χ2v) is 6.51. The zero-order valence-electron chi connectivity index (χ0n) is 16.4. The standard InChI is InChI=1S/C22H27N3O3/c1-27-20-10-9-18(13-21(20)28-2)22-19(14-23-11-6-12-26)16-25(24-22)15-17-7-4-3-5-8-17/h3-5,7-10,13,16,23,26H,6,11-12,14-15H2,1-2H3. The van der Waals surface area contributed by atoms with Crippen molar-refractivity contribution in [2.75, 3.05) is 27.4 Å².